The van der Waals surface area contributed by atoms with Crippen LogP contribution < -0.4 is 5.46 Å². The third-order valence-electron chi connectivity index (χ3n) is 2.57. The van der Waals surface area contributed by atoms with E-state index in [0.717, 1.165) is 0 Å². The largest absolute Gasteiger partial charge is 0.488 e. The normalized spacial score (nSPS) is 10.3. The maximum Gasteiger partial charge on any atom is 0.488 e. The molecule has 0 fully saturated rings. The van der Waals surface area contributed by atoms with Gasteiger partial charge in [-0.1, -0.05) is 12.1 Å². The fourth-order valence-corrected chi connectivity index (χ4v) is 1.69. The Morgan fingerprint density at radius 2 is 2.26 bits per heavy atom. The van der Waals surface area contributed by atoms with E-state index in [9.17, 15) is 4.79 Å². The minimum Gasteiger partial charge on any atom is -0.461 e. The van der Waals surface area contributed by atoms with Crippen molar-refractivity contribution in [2.75, 3.05) is 6.61 Å². The van der Waals surface area contributed by atoms with Gasteiger partial charge >= 0.3 is 13.1 Å². The van der Waals surface area contributed by atoms with Crippen LogP contribution >= 0.6 is 0 Å². The Balaban J connectivity index is 2.40. The second kappa shape index (κ2) is 5.68. The highest BCUT2D eigenvalue weighted by Crippen LogP contribution is 2.11. The van der Waals surface area contributed by atoms with Gasteiger partial charge < -0.3 is 14.8 Å². The van der Waals surface area contributed by atoms with Gasteiger partial charge in [-0.25, -0.2) is 9.78 Å². The Bertz CT molecular complexity index is 583. The van der Waals surface area contributed by atoms with Crippen molar-refractivity contribution in [2.45, 2.75) is 6.92 Å². The smallest absolute Gasteiger partial charge is 0.461 e. The second-order valence-corrected chi connectivity index (χ2v) is 3.84. The van der Waals surface area contributed by atoms with E-state index in [1.807, 2.05) is 0 Å². The number of ether oxygens (including phenoxy) is 1. The molecule has 0 amide bonds. The molecule has 2 N–H and O–H groups in total. The van der Waals surface area contributed by atoms with Crippen molar-refractivity contribution in [3.8, 4) is 5.69 Å². The van der Waals surface area contributed by atoms with E-state index in [4.69, 9.17) is 14.8 Å². The van der Waals surface area contributed by atoms with Gasteiger partial charge in [0.2, 0.25) is 0 Å². The third kappa shape index (κ3) is 2.83. The fourth-order valence-electron chi connectivity index (χ4n) is 1.69. The Hall–Kier alpha value is -2.12. The molecule has 1 heterocycles. The van der Waals surface area contributed by atoms with Gasteiger partial charge in [0.1, 0.15) is 0 Å². The van der Waals surface area contributed by atoms with Crippen LogP contribution in [0.5, 0.6) is 0 Å². The van der Waals surface area contributed by atoms with Crippen LogP contribution in [-0.2, 0) is 4.74 Å². The quantitative estimate of drug-likeness (QED) is 0.583. The zero-order valence-electron chi connectivity index (χ0n) is 10.4. The molecule has 0 aliphatic heterocycles. The SMILES string of the molecule is CCOC(=O)c1cncn1-c1cccc(B(O)O)c1. The first-order valence-electron chi connectivity index (χ1n) is 5.79. The van der Waals surface area contributed by atoms with Crippen molar-refractivity contribution in [3.05, 3.63) is 42.5 Å². The first-order chi connectivity index (χ1) is 9.13. The Morgan fingerprint density at radius 1 is 1.47 bits per heavy atom. The molecule has 0 unspecified atom stereocenters. The topological polar surface area (TPSA) is 84.6 Å². The number of carbonyl (C=O) groups excluding carboxylic acids is 1. The van der Waals surface area contributed by atoms with Gasteiger partial charge in [-0.3, -0.25) is 4.57 Å². The number of imidazole rings is 1. The predicted molar refractivity (Wildman–Crippen MR) is 69.3 cm³/mol. The highest BCUT2D eigenvalue weighted by Gasteiger charge is 2.16. The molecule has 0 aliphatic rings. The molecule has 2 aromatic rings. The van der Waals surface area contributed by atoms with E-state index in [2.05, 4.69) is 4.98 Å². The van der Waals surface area contributed by atoms with Crippen LogP contribution in [0.1, 0.15) is 17.4 Å². The van der Waals surface area contributed by atoms with Gasteiger partial charge in [-0.15, -0.1) is 0 Å². The summed E-state index contributed by atoms with van der Waals surface area (Å²) >= 11 is 0. The van der Waals surface area contributed by atoms with Gasteiger partial charge in [-0.2, -0.15) is 0 Å². The third-order valence-corrected chi connectivity index (χ3v) is 2.57. The predicted octanol–water partition coefficient (Wildman–Crippen LogP) is -0.271. The molecular weight excluding hydrogens is 247 g/mol. The van der Waals surface area contributed by atoms with Gasteiger partial charge in [0, 0.05) is 5.69 Å². The summed E-state index contributed by atoms with van der Waals surface area (Å²) in [6, 6.07) is 6.54. The zero-order valence-corrected chi connectivity index (χ0v) is 10.4. The van der Waals surface area contributed by atoms with Crippen LogP contribution in [0.4, 0.5) is 0 Å². The molecule has 19 heavy (non-hydrogen) atoms. The van der Waals surface area contributed by atoms with Gasteiger partial charge in [0.05, 0.1) is 19.1 Å². The minimum atomic E-state index is -1.56. The van der Waals surface area contributed by atoms with E-state index in [1.165, 1.54) is 17.1 Å². The minimum absolute atomic E-state index is 0.277. The van der Waals surface area contributed by atoms with E-state index in [0.29, 0.717) is 11.2 Å². The molecule has 0 aliphatic carbocycles. The molecular formula is C12H13BN2O4. The van der Waals surface area contributed by atoms with Gasteiger partial charge in [-0.05, 0) is 24.5 Å². The lowest BCUT2D eigenvalue weighted by Gasteiger charge is -2.09. The van der Waals surface area contributed by atoms with Crippen LogP contribution in [0.2, 0.25) is 0 Å². The van der Waals surface area contributed by atoms with Crippen molar-refractivity contribution < 1.29 is 19.6 Å². The average Bonchev–Trinajstić information content (AvgIpc) is 2.88. The van der Waals surface area contributed by atoms with Crippen molar-refractivity contribution in [1.29, 1.82) is 0 Å². The first kappa shape index (κ1) is 13.3. The number of nitrogens with zero attached hydrogens (tertiary/aromatic N) is 2. The molecule has 0 spiro atoms. The summed E-state index contributed by atoms with van der Waals surface area (Å²) in [5.74, 6) is -0.477. The Morgan fingerprint density at radius 3 is 2.95 bits per heavy atom. The summed E-state index contributed by atoms with van der Waals surface area (Å²) in [6.45, 7) is 2.00. The number of aromatic nitrogens is 2. The lowest BCUT2D eigenvalue weighted by Crippen LogP contribution is -2.30. The molecule has 0 radical (unpaired) electrons. The van der Waals surface area contributed by atoms with Crippen molar-refractivity contribution in [1.82, 2.24) is 9.55 Å². The molecule has 0 saturated carbocycles. The lowest BCUT2D eigenvalue weighted by molar-refractivity contribution is 0.0517. The highest BCUT2D eigenvalue weighted by atomic mass is 16.5. The van der Waals surface area contributed by atoms with E-state index in [1.54, 1.807) is 31.2 Å². The summed E-state index contributed by atoms with van der Waals surface area (Å²) < 4.78 is 6.46. The van der Waals surface area contributed by atoms with Crippen molar-refractivity contribution in [3.63, 3.8) is 0 Å². The molecule has 6 nitrogen and oxygen atoms in total. The maximum absolute atomic E-state index is 11.7. The summed E-state index contributed by atoms with van der Waals surface area (Å²) in [6.07, 6.45) is 2.87. The average molecular weight is 260 g/mol. The molecule has 0 saturated heterocycles. The van der Waals surface area contributed by atoms with Crippen LogP contribution in [0.25, 0.3) is 5.69 Å². The Labute approximate surface area is 110 Å². The number of rotatable bonds is 4. The van der Waals surface area contributed by atoms with Crippen molar-refractivity contribution in [2.24, 2.45) is 0 Å². The standard InChI is InChI=1S/C12H13BN2O4/c1-2-19-12(16)11-7-14-8-15(11)10-5-3-4-9(6-10)13(17)18/h3-8,17-18H,2H2,1H3. The zero-order chi connectivity index (χ0) is 13.8. The number of benzene rings is 1. The van der Waals surface area contributed by atoms with Crippen LogP contribution in [0.3, 0.4) is 0 Å². The number of carbonyl (C=O) groups is 1. The van der Waals surface area contributed by atoms with E-state index >= 15 is 0 Å². The molecule has 1 aromatic heterocycles. The summed E-state index contributed by atoms with van der Waals surface area (Å²) in [4.78, 5) is 15.7. The number of hydrogen-bond acceptors (Lipinski definition) is 5. The van der Waals surface area contributed by atoms with Crippen LogP contribution in [0.15, 0.2) is 36.8 Å². The summed E-state index contributed by atoms with van der Waals surface area (Å²) in [5.41, 5.74) is 1.22. The summed E-state index contributed by atoms with van der Waals surface area (Å²) in [7, 11) is -1.56. The molecule has 0 atom stereocenters. The van der Waals surface area contributed by atoms with Gasteiger partial charge in [0.25, 0.3) is 0 Å². The number of hydrogen-bond donors (Lipinski definition) is 2. The fraction of sp³-hybridized carbons (Fsp3) is 0.167. The van der Waals surface area contributed by atoms with E-state index in [-0.39, 0.29) is 12.3 Å². The first-order valence-corrected chi connectivity index (χ1v) is 5.79. The second-order valence-electron chi connectivity index (χ2n) is 3.84. The van der Waals surface area contributed by atoms with Crippen molar-refractivity contribution >= 4 is 18.6 Å². The highest BCUT2D eigenvalue weighted by molar-refractivity contribution is 6.58. The molecule has 98 valence electrons. The summed E-state index contributed by atoms with van der Waals surface area (Å²) in [5, 5.41) is 18.3. The monoisotopic (exact) mass is 260 g/mol. The maximum atomic E-state index is 11.7. The van der Waals surface area contributed by atoms with Crippen LogP contribution in [0, 0.1) is 0 Å². The van der Waals surface area contributed by atoms with Crippen LogP contribution in [-0.4, -0.2) is 39.3 Å². The molecule has 0 bridgehead atoms. The Kier molecular flexibility index (Phi) is 3.98. The molecule has 2 rings (SSSR count). The number of esters is 1. The lowest BCUT2D eigenvalue weighted by atomic mass is 9.80. The van der Waals surface area contributed by atoms with E-state index < -0.39 is 13.1 Å². The van der Waals surface area contributed by atoms with Gasteiger partial charge in [0.15, 0.2) is 5.69 Å². The molecule has 7 heteroatoms. The molecule has 1 aromatic carbocycles.